The Balaban J connectivity index is 3.20. The molecule has 0 N–H and O–H groups in total. The normalized spacial score (nSPS) is 16.0. The zero-order chi connectivity index (χ0) is 11.5. The molecule has 84 valence electrons. The Kier molecular flexibility index (Phi) is 4.34. The number of hydrogen-bond acceptors (Lipinski definition) is 1. The molecule has 0 bridgehead atoms. The van der Waals surface area contributed by atoms with Crippen LogP contribution in [0.5, 0.6) is 0 Å². The van der Waals surface area contributed by atoms with Crippen molar-refractivity contribution in [3.05, 3.63) is 30.3 Å². The molecule has 1 nitrogen and oxygen atoms in total. The highest BCUT2D eigenvalue weighted by Crippen LogP contribution is 2.58. The molecular formula is C11H17ClOPS+. The van der Waals surface area contributed by atoms with E-state index in [1.807, 2.05) is 51.1 Å². The average Bonchev–Trinajstić information content (AvgIpc) is 2.18. The van der Waals surface area contributed by atoms with Gasteiger partial charge in [0, 0.05) is 11.4 Å². The summed E-state index contributed by atoms with van der Waals surface area (Å²) < 4.78 is 12.9. The van der Waals surface area contributed by atoms with Gasteiger partial charge in [-0.25, -0.2) is 0 Å². The molecule has 0 aromatic heterocycles. The number of alkyl halides is 1. The molecule has 0 saturated heterocycles. The molecule has 0 aliphatic carbocycles. The van der Waals surface area contributed by atoms with Crippen LogP contribution in [0.2, 0.25) is 0 Å². The SMILES string of the molecule is CC(C)(C)P(=O)([SH+]CCl)c1ccccc1. The van der Waals surface area contributed by atoms with Crippen molar-refractivity contribution < 1.29 is 4.57 Å². The van der Waals surface area contributed by atoms with E-state index in [0.29, 0.717) is 5.21 Å². The van der Waals surface area contributed by atoms with Crippen LogP contribution >= 0.6 is 17.9 Å². The molecule has 1 unspecified atom stereocenters. The Morgan fingerprint density at radius 3 is 2.20 bits per heavy atom. The number of thiol groups is 1. The van der Waals surface area contributed by atoms with Gasteiger partial charge in [0.05, 0.1) is 10.5 Å². The van der Waals surface area contributed by atoms with E-state index < -0.39 is 6.34 Å². The number of hydrogen-bond donors (Lipinski definition) is 0. The van der Waals surface area contributed by atoms with Crippen LogP contribution in [0.25, 0.3) is 0 Å². The Labute approximate surface area is 101 Å². The quantitative estimate of drug-likeness (QED) is 0.354. The van der Waals surface area contributed by atoms with Gasteiger partial charge in [-0.1, -0.05) is 29.8 Å². The lowest BCUT2D eigenvalue weighted by Gasteiger charge is -2.24. The second kappa shape index (κ2) is 4.95. The Bertz CT molecular complexity index is 359. The molecule has 1 aromatic rings. The zero-order valence-corrected chi connectivity index (χ0v) is 11.8. The summed E-state index contributed by atoms with van der Waals surface area (Å²) in [5.41, 5.74) is 0. The highest BCUT2D eigenvalue weighted by molar-refractivity contribution is 8.49. The van der Waals surface area contributed by atoms with E-state index in [2.05, 4.69) is 0 Å². The first-order valence-electron chi connectivity index (χ1n) is 4.82. The average molecular weight is 264 g/mol. The van der Waals surface area contributed by atoms with Crippen molar-refractivity contribution in [3.8, 4) is 0 Å². The molecule has 0 amide bonds. The minimum atomic E-state index is -2.42. The molecule has 0 heterocycles. The minimum absolute atomic E-state index is 0.231. The molecule has 0 aliphatic rings. The van der Waals surface area contributed by atoms with E-state index >= 15 is 0 Å². The third-order valence-electron chi connectivity index (χ3n) is 2.27. The van der Waals surface area contributed by atoms with E-state index in [1.165, 1.54) is 0 Å². The van der Waals surface area contributed by atoms with E-state index in [0.717, 1.165) is 16.7 Å². The van der Waals surface area contributed by atoms with Crippen molar-refractivity contribution in [3.63, 3.8) is 0 Å². The molecule has 4 heteroatoms. The van der Waals surface area contributed by atoms with Gasteiger partial charge >= 0.3 is 0 Å². The predicted octanol–water partition coefficient (Wildman–Crippen LogP) is 3.40. The Hall–Kier alpha value is 0.0900. The molecule has 15 heavy (non-hydrogen) atoms. The van der Waals surface area contributed by atoms with Crippen LogP contribution in [-0.2, 0) is 15.9 Å². The standard InChI is InChI=1S/C11H16ClOPS/c1-11(2,3)14(13,15-9-12)10-7-5-4-6-8-10/h4-8H,9H2,1-3H3/p+1. The summed E-state index contributed by atoms with van der Waals surface area (Å²) in [6.45, 7) is 6.04. The van der Waals surface area contributed by atoms with Gasteiger partial charge in [0.2, 0.25) is 0 Å². The first-order chi connectivity index (χ1) is 6.92. The maximum atomic E-state index is 12.9. The third-order valence-corrected chi connectivity index (χ3v) is 10.6. The smallest absolute Gasteiger partial charge is 0.260 e. The van der Waals surface area contributed by atoms with Crippen LogP contribution in [0.15, 0.2) is 30.3 Å². The van der Waals surface area contributed by atoms with Crippen LogP contribution < -0.4 is 5.30 Å². The molecular weight excluding hydrogens is 247 g/mol. The Morgan fingerprint density at radius 1 is 1.27 bits per heavy atom. The van der Waals surface area contributed by atoms with Gasteiger partial charge in [0.15, 0.2) is 5.21 Å². The monoisotopic (exact) mass is 263 g/mol. The lowest BCUT2D eigenvalue weighted by molar-refractivity contribution is 0.568. The first kappa shape index (κ1) is 13.2. The molecule has 1 aromatic carbocycles. The fourth-order valence-electron chi connectivity index (χ4n) is 1.39. The van der Waals surface area contributed by atoms with E-state index in [1.54, 1.807) is 0 Å². The summed E-state index contributed by atoms with van der Waals surface area (Å²) in [6, 6.07) is 9.67. The molecule has 0 aliphatic heterocycles. The molecule has 0 fully saturated rings. The molecule has 0 spiro atoms. The summed E-state index contributed by atoms with van der Waals surface area (Å²) in [4.78, 5) is 0. The van der Waals surface area contributed by atoms with Crippen LogP contribution in [0.3, 0.4) is 0 Å². The van der Waals surface area contributed by atoms with Crippen molar-refractivity contribution in [2.75, 3.05) is 5.21 Å². The maximum Gasteiger partial charge on any atom is 0.300 e. The van der Waals surface area contributed by atoms with Gasteiger partial charge in [0.1, 0.15) is 0 Å². The van der Waals surface area contributed by atoms with Crippen molar-refractivity contribution in [1.82, 2.24) is 0 Å². The van der Waals surface area contributed by atoms with Crippen LogP contribution in [-0.4, -0.2) is 10.4 Å². The largest absolute Gasteiger partial charge is 0.300 e. The second-order valence-corrected chi connectivity index (χ2v) is 11.1. The second-order valence-electron chi connectivity index (χ2n) is 4.34. The highest BCUT2D eigenvalue weighted by Gasteiger charge is 2.45. The van der Waals surface area contributed by atoms with E-state index in [4.69, 9.17) is 11.6 Å². The van der Waals surface area contributed by atoms with Crippen LogP contribution in [0, 0.1) is 0 Å². The number of benzene rings is 1. The van der Waals surface area contributed by atoms with E-state index in [-0.39, 0.29) is 5.16 Å². The first-order valence-corrected chi connectivity index (χ1v) is 8.85. The lowest BCUT2D eigenvalue weighted by Crippen LogP contribution is -2.24. The van der Waals surface area contributed by atoms with Gasteiger partial charge in [-0.15, -0.1) is 0 Å². The highest BCUT2D eigenvalue weighted by atomic mass is 35.5. The Morgan fingerprint density at radius 2 is 1.80 bits per heavy atom. The van der Waals surface area contributed by atoms with Gasteiger partial charge in [-0.05, 0) is 32.9 Å². The fourth-order valence-corrected chi connectivity index (χ4v) is 7.44. The molecule has 0 radical (unpaired) electrons. The minimum Gasteiger partial charge on any atom is -0.260 e. The van der Waals surface area contributed by atoms with Crippen molar-refractivity contribution in [2.45, 2.75) is 25.9 Å². The van der Waals surface area contributed by atoms with Crippen LogP contribution in [0.4, 0.5) is 0 Å². The fraction of sp³-hybridized carbons (Fsp3) is 0.455. The van der Waals surface area contributed by atoms with Crippen LogP contribution in [0.1, 0.15) is 20.8 Å². The van der Waals surface area contributed by atoms with Crippen molar-refractivity contribution >= 4 is 34.6 Å². The predicted molar refractivity (Wildman–Crippen MR) is 72.9 cm³/mol. The van der Waals surface area contributed by atoms with Gasteiger partial charge < -0.3 is 0 Å². The van der Waals surface area contributed by atoms with E-state index in [9.17, 15) is 4.57 Å². The topological polar surface area (TPSA) is 17.1 Å². The number of halogens is 1. The summed E-state index contributed by atoms with van der Waals surface area (Å²) in [5.74, 6) is 0. The molecule has 1 atom stereocenters. The van der Waals surface area contributed by atoms with Gasteiger partial charge in [-0.3, -0.25) is 4.57 Å². The van der Waals surface area contributed by atoms with Gasteiger partial charge in [-0.2, -0.15) is 0 Å². The summed E-state index contributed by atoms with van der Waals surface area (Å²) in [5, 5.41) is 1.12. The van der Waals surface area contributed by atoms with Crippen molar-refractivity contribution in [1.29, 1.82) is 0 Å². The van der Waals surface area contributed by atoms with Gasteiger partial charge in [0.25, 0.3) is 6.34 Å². The molecule has 1 rings (SSSR count). The summed E-state index contributed by atoms with van der Waals surface area (Å²) >= 11 is 6.59. The number of rotatable bonds is 3. The summed E-state index contributed by atoms with van der Waals surface area (Å²) in [7, 11) is 0. The third kappa shape index (κ3) is 2.81. The maximum absolute atomic E-state index is 12.9. The summed E-state index contributed by atoms with van der Waals surface area (Å²) in [6.07, 6.45) is -2.42. The van der Waals surface area contributed by atoms with Crippen molar-refractivity contribution in [2.24, 2.45) is 0 Å². The zero-order valence-electron chi connectivity index (χ0n) is 9.27. The lowest BCUT2D eigenvalue weighted by atomic mass is 10.3. The molecule has 0 saturated carbocycles.